The Morgan fingerprint density at radius 1 is 1.14 bits per heavy atom. The largest absolute Gasteiger partial charge is 0.493 e. The number of methoxy groups -OCH3 is 3. The highest BCUT2D eigenvalue weighted by Crippen LogP contribution is 2.50. The molecule has 10 heteroatoms. The molecule has 1 unspecified atom stereocenters. The fourth-order valence-electron chi connectivity index (χ4n) is 4.91. The van der Waals surface area contributed by atoms with E-state index >= 15 is 0 Å². The van der Waals surface area contributed by atoms with Crippen molar-refractivity contribution in [1.82, 2.24) is 15.4 Å². The third kappa shape index (κ3) is 4.56. The molecule has 0 saturated heterocycles. The van der Waals surface area contributed by atoms with Gasteiger partial charge < -0.3 is 19.9 Å². The van der Waals surface area contributed by atoms with E-state index in [1.165, 1.54) is 38.7 Å². The van der Waals surface area contributed by atoms with Crippen molar-refractivity contribution in [2.75, 3.05) is 21.3 Å². The number of nitriles is 1. The number of pyridine rings is 1. The quantitative estimate of drug-likeness (QED) is 0.608. The van der Waals surface area contributed by atoms with Crippen LogP contribution in [0.2, 0.25) is 0 Å². The molecule has 192 valence electrons. The molecule has 10 nitrogen and oxygen atoms in total. The molecule has 2 heterocycles. The number of carbonyl (C=O) groups is 2. The smallest absolute Gasteiger partial charge is 0.270 e. The van der Waals surface area contributed by atoms with E-state index in [9.17, 15) is 14.9 Å². The summed E-state index contributed by atoms with van der Waals surface area (Å²) < 4.78 is 16.5. The monoisotopic (exact) mass is 503 g/mol. The minimum absolute atomic E-state index is 0.0351. The molecule has 3 N–H and O–H groups in total. The lowest BCUT2D eigenvalue weighted by atomic mass is 9.69. The van der Waals surface area contributed by atoms with Crippen LogP contribution in [0.1, 0.15) is 48.5 Å². The molecule has 0 fully saturated rings. The van der Waals surface area contributed by atoms with E-state index in [4.69, 9.17) is 19.9 Å². The van der Waals surface area contributed by atoms with Crippen LogP contribution in [0.4, 0.5) is 0 Å². The average Bonchev–Trinajstić information content (AvgIpc) is 2.88. The number of ether oxygens (including phenoxy) is 3. The molecular formula is C27H29N5O5. The minimum Gasteiger partial charge on any atom is -0.493 e. The van der Waals surface area contributed by atoms with Crippen molar-refractivity contribution in [1.29, 1.82) is 5.26 Å². The lowest BCUT2D eigenvalue weighted by molar-refractivity contribution is -0.118. The fourth-order valence-corrected chi connectivity index (χ4v) is 4.91. The van der Waals surface area contributed by atoms with Crippen molar-refractivity contribution < 1.29 is 23.8 Å². The summed E-state index contributed by atoms with van der Waals surface area (Å²) in [4.78, 5) is 30.7. The predicted molar refractivity (Wildman–Crippen MR) is 134 cm³/mol. The van der Waals surface area contributed by atoms with Crippen molar-refractivity contribution >= 4 is 11.7 Å². The van der Waals surface area contributed by atoms with Crippen molar-refractivity contribution in [2.24, 2.45) is 11.1 Å². The number of Topliss-reactive ketones (excluding diaryl/α,β-unsaturated/α-hetero) is 1. The number of allylic oxidation sites excluding steroid dienone is 3. The van der Waals surface area contributed by atoms with Gasteiger partial charge in [-0.1, -0.05) is 13.8 Å². The summed E-state index contributed by atoms with van der Waals surface area (Å²) >= 11 is 0. The van der Waals surface area contributed by atoms with Crippen LogP contribution in [0.15, 0.2) is 59.3 Å². The first kappa shape index (κ1) is 25.6. The van der Waals surface area contributed by atoms with Gasteiger partial charge in [-0.25, -0.2) is 5.01 Å². The molecule has 0 bridgehead atoms. The van der Waals surface area contributed by atoms with Gasteiger partial charge in [0.25, 0.3) is 5.91 Å². The van der Waals surface area contributed by atoms with E-state index in [1.807, 2.05) is 13.8 Å². The number of amides is 1. The van der Waals surface area contributed by atoms with Crippen molar-refractivity contribution in [3.8, 4) is 23.3 Å². The lowest BCUT2D eigenvalue weighted by Gasteiger charge is -2.43. The molecular weight excluding hydrogens is 474 g/mol. The molecule has 0 radical (unpaired) electrons. The Morgan fingerprint density at radius 3 is 2.30 bits per heavy atom. The third-order valence-electron chi connectivity index (χ3n) is 6.56. The number of benzene rings is 1. The van der Waals surface area contributed by atoms with Gasteiger partial charge in [-0.2, -0.15) is 5.26 Å². The summed E-state index contributed by atoms with van der Waals surface area (Å²) in [7, 11) is 4.48. The SMILES string of the molecule is COc1cc(C2C(C#N)=C(N)N(NC(=O)c3ccncc3)C3=C2C(=O)CC(C)(C)C3)cc(OC)c1OC. The molecule has 1 atom stereocenters. The Hall–Kier alpha value is -4.52. The Balaban J connectivity index is 1.92. The molecule has 1 aliphatic heterocycles. The molecule has 1 aromatic carbocycles. The number of carbonyl (C=O) groups excluding carboxylic acids is 2. The highest BCUT2D eigenvalue weighted by atomic mass is 16.5. The predicted octanol–water partition coefficient (Wildman–Crippen LogP) is 3.19. The van der Waals surface area contributed by atoms with Gasteiger partial charge in [-0.05, 0) is 41.7 Å². The zero-order valence-electron chi connectivity index (χ0n) is 21.4. The first-order valence-corrected chi connectivity index (χ1v) is 11.6. The minimum atomic E-state index is -0.786. The number of hydrazine groups is 1. The molecule has 2 aromatic rings. The number of hydrogen-bond donors (Lipinski definition) is 2. The second kappa shape index (κ2) is 9.85. The second-order valence-electron chi connectivity index (χ2n) is 9.62. The number of nitrogens with zero attached hydrogens (tertiary/aromatic N) is 3. The van der Waals surface area contributed by atoms with Crippen LogP contribution in [-0.4, -0.2) is 43.0 Å². The van der Waals surface area contributed by atoms with Crippen LogP contribution in [0.5, 0.6) is 17.2 Å². The van der Waals surface area contributed by atoms with Crippen molar-refractivity contribution in [2.45, 2.75) is 32.6 Å². The van der Waals surface area contributed by atoms with Crippen LogP contribution in [-0.2, 0) is 4.79 Å². The summed E-state index contributed by atoms with van der Waals surface area (Å²) in [6, 6.07) is 8.72. The van der Waals surface area contributed by atoms with Gasteiger partial charge in [0, 0.05) is 30.0 Å². The average molecular weight is 504 g/mol. The van der Waals surface area contributed by atoms with Crippen LogP contribution in [0, 0.1) is 16.7 Å². The number of rotatable bonds is 6. The van der Waals surface area contributed by atoms with E-state index in [0.29, 0.717) is 46.1 Å². The van der Waals surface area contributed by atoms with Gasteiger partial charge in [0.15, 0.2) is 17.3 Å². The molecule has 37 heavy (non-hydrogen) atoms. The van der Waals surface area contributed by atoms with Crippen LogP contribution in [0.3, 0.4) is 0 Å². The van der Waals surface area contributed by atoms with E-state index in [-0.39, 0.29) is 29.0 Å². The van der Waals surface area contributed by atoms with E-state index in [0.717, 1.165) is 0 Å². The molecule has 2 aliphatic rings. The summed E-state index contributed by atoms with van der Waals surface area (Å²) in [5, 5.41) is 11.6. The Morgan fingerprint density at radius 2 is 1.76 bits per heavy atom. The third-order valence-corrected chi connectivity index (χ3v) is 6.56. The van der Waals surface area contributed by atoms with Crippen LogP contribution < -0.4 is 25.4 Å². The first-order chi connectivity index (χ1) is 17.6. The van der Waals surface area contributed by atoms with E-state index in [2.05, 4.69) is 16.5 Å². The zero-order valence-corrected chi connectivity index (χ0v) is 21.4. The number of nitrogens with one attached hydrogen (secondary N) is 1. The number of hydrogen-bond acceptors (Lipinski definition) is 9. The normalized spacial score (nSPS) is 18.6. The summed E-state index contributed by atoms with van der Waals surface area (Å²) in [5.41, 5.74) is 11.0. The maximum absolute atomic E-state index is 13.7. The molecule has 4 rings (SSSR count). The second-order valence-corrected chi connectivity index (χ2v) is 9.62. The maximum Gasteiger partial charge on any atom is 0.270 e. The Bertz CT molecular complexity index is 1330. The Kier molecular flexibility index (Phi) is 6.81. The molecule has 1 amide bonds. The van der Waals surface area contributed by atoms with E-state index < -0.39 is 11.8 Å². The van der Waals surface area contributed by atoms with Crippen LogP contribution in [0.25, 0.3) is 0 Å². The summed E-state index contributed by atoms with van der Waals surface area (Å²) in [6.07, 6.45) is 3.73. The zero-order chi connectivity index (χ0) is 26.9. The van der Waals surface area contributed by atoms with Gasteiger partial charge in [0.05, 0.1) is 44.6 Å². The van der Waals surface area contributed by atoms with Crippen molar-refractivity contribution in [3.63, 3.8) is 0 Å². The molecule has 0 spiro atoms. The number of aromatic nitrogens is 1. The topological polar surface area (TPSA) is 140 Å². The molecule has 1 aliphatic carbocycles. The number of nitrogens with two attached hydrogens (primary N) is 1. The Labute approximate surface area is 215 Å². The number of ketones is 1. The van der Waals surface area contributed by atoms with Gasteiger partial charge >= 0.3 is 0 Å². The molecule has 0 saturated carbocycles. The van der Waals surface area contributed by atoms with Gasteiger partial charge in [-0.15, -0.1) is 0 Å². The van der Waals surface area contributed by atoms with Crippen LogP contribution >= 0.6 is 0 Å². The fraction of sp³-hybridized carbons (Fsp3) is 0.333. The van der Waals surface area contributed by atoms with Gasteiger partial charge in [-0.3, -0.25) is 20.0 Å². The van der Waals surface area contributed by atoms with E-state index in [1.54, 1.807) is 24.3 Å². The summed E-state index contributed by atoms with van der Waals surface area (Å²) in [5.74, 6) is -0.181. The highest BCUT2D eigenvalue weighted by molar-refractivity contribution is 6.01. The van der Waals surface area contributed by atoms with Crippen molar-refractivity contribution in [3.05, 3.63) is 70.5 Å². The summed E-state index contributed by atoms with van der Waals surface area (Å²) in [6.45, 7) is 3.96. The highest BCUT2D eigenvalue weighted by Gasteiger charge is 2.45. The van der Waals surface area contributed by atoms with Gasteiger partial charge in [0.1, 0.15) is 5.82 Å². The first-order valence-electron chi connectivity index (χ1n) is 11.6. The maximum atomic E-state index is 13.7. The molecule has 1 aromatic heterocycles. The van der Waals surface area contributed by atoms with Gasteiger partial charge in [0.2, 0.25) is 5.75 Å². The standard InChI is InChI=1S/C27H29N5O5/c1-27(2)12-18-23(19(33)13-27)22(16-10-20(35-3)24(37-5)21(11-16)36-4)17(14-28)25(29)32(18)31-26(34)15-6-8-30-9-7-15/h6-11,22H,12-13,29H2,1-5H3,(H,31,34). The lowest BCUT2D eigenvalue weighted by Crippen LogP contribution is -2.49.